The fourth-order valence-corrected chi connectivity index (χ4v) is 4.31. The van der Waals surface area contributed by atoms with E-state index in [2.05, 4.69) is 0 Å². The van der Waals surface area contributed by atoms with Crippen LogP contribution in [-0.4, -0.2) is 39.2 Å². The maximum Gasteiger partial charge on any atom is 0.338 e. The van der Waals surface area contributed by atoms with E-state index in [1.165, 1.54) is 28.8 Å². The molecule has 11 nitrogen and oxygen atoms in total. The van der Waals surface area contributed by atoms with Crippen LogP contribution in [0.25, 0.3) is 11.0 Å². The SMILES string of the molecule is CCOC(=O)c1ccccc1Cn1c(=O)c(=O)n(Cc2ccccc2C(=O)OCC)c2cc([N+](=O)[O-])ccc21. The number of hydrogen-bond donors (Lipinski definition) is 0. The van der Waals surface area contributed by atoms with Crippen molar-refractivity contribution in [1.82, 2.24) is 9.13 Å². The van der Waals surface area contributed by atoms with Gasteiger partial charge in [-0.3, -0.25) is 28.8 Å². The van der Waals surface area contributed by atoms with E-state index in [1.54, 1.807) is 56.3 Å². The number of fused-ring (bicyclic) bond motifs is 1. The molecular weight excluding hydrogens is 506 g/mol. The molecular formula is C28H25N3O8. The molecule has 0 fully saturated rings. The van der Waals surface area contributed by atoms with Crippen LogP contribution in [0.2, 0.25) is 0 Å². The monoisotopic (exact) mass is 531 g/mol. The van der Waals surface area contributed by atoms with Crippen LogP contribution in [0.1, 0.15) is 45.7 Å². The van der Waals surface area contributed by atoms with Gasteiger partial charge in [0.1, 0.15) is 0 Å². The lowest BCUT2D eigenvalue weighted by atomic mass is 10.1. The van der Waals surface area contributed by atoms with Gasteiger partial charge in [-0.1, -0.05) is 36.4 Å². The average Bonchev–Trinajstić information content (AvgIpc) is 2.93. The Morgan fingerprint density at radius 1 is 0.744 bits per heavy atom. The predicted molar refractivity (Wildman–Crippen MR) is 142 cm³/mol. The van der Waals surface area contributed by atoms with Gasteiger partial charge < -0.3 is 9.47 Å². The summed E-state index contributed by atoms with van der Waals surface area (Å²) in [5.74, 6) is -1.18. The Hall–Kier alpha value is -5.06. The highest BCUT2D eigenvalue weighted by Crippen LogP contribution is 2.22. The summed E-state index contributed by atoms with van der Waals surface area (Å²) in [6, 6.07) is 16.8. The third kappa shape index (κ3) is 5.47. The molecule has 3 aromatic carbocycles. The van der Waals surface area contributed by atoms with Gasteiger partial charge in [0.25, 0.3) is 5.69 Å². The highest BCUT2D eigenvalue weighted by Gasteiger charge is 2.21. The van der Waals surface area contributed by atoms with Crippen LogP contribution < -0.4 is 11.1 Å². The topological polar surface area (TPSA) is 140 Å². The van der Waals surface area contributed by atoms with Gasteiger partial charge in [0.05, 0.1) is 53.4 Å². The first-order chi connectivity index (χ1) is 18.8. The molecule has 0 amide bonds. The van der Waals surface area contributed by atoms with Gasteiger partial charge in [0, 0.05) is 12.1 Å². The van der Waals surface area contributed by atoms with Gasteiger partial charge >= 0.3 is 23.1 Å². The summed E-state index contributed by atoms with van der Waals surface area (Å²) in [7, 11) is 0. The van der Waals surface area contributed by atoms with E-state index < -0.39 is 28.0 Å². The van der Waals surface area contributed by atoms with Crippen molar-refractivity contribution < 1.29 is 24.0 Å². The molecule has 0 atom stereocenters. The van der Waals surface area contributed by atoms with E-state index in [4.69, 9.17) is 9.47 Å². The molecule has 1 aromatic heterocycles. The molecule has 0 spiro atoms. The van der Waals surface area contributed by atoms with Crippen LogP contribution in [0.5, 0.6) is 0 Å². The lowest BCUT2D eigenvalue weighted by Gasteiger charge is -2.17. The third-order valence-corrected chi connectivity index (χ3v) is 6.11. The second-order valence-electron chi connectivity index (χ2n) is 8.47. The van der Waals surface area contributed by atoms with Crippen LogP contribution in [0, 0.1) is 10.1 Å². The molecule has 4 rings (SSSR count). The van der Waals surface area contributed by atoms with Crippen molar-refractivity contribution in [3.63, 3.8) is 0 Å². The zero-order valence-corrected chi connectivity index (χ0v) is 21.3. The maximum atomic E-state index is 13.5. The minimum absolute atomic E-state index is 0.112. The number of aromatic nitrogens is 2. The molecule has 0 N–H and O–H groups in total. The number of benzene rings is 3. The summed E-state index contributed by atoms with van der Waals surface area (Å²) in [5.41, 5.74) is -0.520. The molecule has 1 heterocycles. The number of carbonyl (C=O) groups excluding carboxylic acids is 2. The highest BCUT2D eigenvalue weighted by molar-refractivity contribution is 5.92. The summed E-state index contributed by atoms with van der Waals surface area (Å²) < 4.78 is 12.5. The Morgan fingerprint density at radius 2 is 1.21 bits per heavy atom. The first kappa shape index (κ1) is 27.0. The second-order valence-corrected chi connectivity index (χ2v) is 8.47. The van der Waals surface area contributed by atoms with E-state index in [-0.39, 0.29) is 54.2 Å². The van der Waals surface area contributed by atoms with Gasteiger partial charge in [0.2, 0.25) is 0 Å². The van der Waals surface area contributed by atoms with Crippen LogP contribution in [0.4, 0.5) is 5.69 Å². The number of nitrogens with zero attached hydrogens (tertiary/aromatic N) is 3. The van der Waals surface area contributed by atoms with Crippen LogP contribution in [-0.2, 0) is 22.6 Å². The molecule has 0 unspecified atom stereocenters. The van der Waals surface area contributed by atoms with E-state index in [0.29, 0.717) is 11.1 Å². The number of rotatable bonds is 9. The standard InChI is InChI=1S/C28H25N3O8/c1-3-38-27(34)21-11-7-5-9-18(21)16-29-23-14-13-20(31(36)37)15-24(23)30(26(33)25(29)32)17-19-10-6-8-12-22(19)28(35)39-4-2/h5-15H,3-4,16-17H2,1-2H3. The van der Waals surface area contributed by atoms with Crippen molar-refractivity contribution in [1.29, 1.82) is 0 Å². The van der Waals surface area contributed by atoms with Crippen LogP contribution in [0.15, 0.2) is 76.3 Å². The normalized spacial score (nSPS) is 10.8. The minimum Gasteiger partial charge on any atom is -0.462 e. The van der Waals surface area contributed by atoms with Gasteiger partial charge in [-0.15, -0.1) is 0 Å². The zero-order valence-electron chi connectivity index (χ0n) is 21.3. The summed E-state index contributed by atoms with van der Waals surface area (Å²) >= 11 is 0. The van der Waals surface area contributed by atoms with Crippen molar-refractivity contribution in [2.75, 3.05) is 13.2 Å². The molecule has 0 saturated carbocycles. The quantitative estimate of drug-likeness (QED) is 0.138. The van der Waals surface area contributed by atoms with E-state index >= 15 is 0 Å². The molecule has 4 aromatic rings. The highest BCUT2D eigenvalue weighted by atomic mass is 16.6. The number of nitro benzene ring substituents is 1. The molecule has 0 aliphatic heterocycles. The second kappa shape index (κ2) is 11.5. The van der Waals surface area contributed by atoms with Crippen LogP contribution in [0.3, 0.4) is 0 Å². The van der Waals surface area contributed by atoms with Gasteiger partial charge in [-0.25, -0.2) is 9.59 Å². The number of esters is 2. The predicted octanol–water partition coefficient (Wildman–Crippen LogP) is 3.52. The zero-order chi connectivity index (χ0) is 28.1. The van der Waals surface area contributed by atoms with E-state index in [1.807, 2.05) is 0 Å². The number of carbonyl (C=O) groups is 2. The Balaban J connectivity index is 1.93. The minimum atomic E-state index is -0.949. The first-order valence-corrected chi connectivity index (χ1v) is 12.2. The van der Waals surface area contributed by atoms with Crippen molar-refractivity contribution in [2.24, 2.45) is 0 Å². The smallest absolute Gasteiger partial charge is 0.338 e. The molecule has 39 heavy (non-hydrogen) atoms. The largest absolute Gasteiger partial charge is 0.462 e. The van der Waals surface area contributed by atoms with Crippen molar-refractivity contribution in [3.8, 4) is 0 Å². The molecule has 0 aliphatic rings. The maximum absolute atomic E-state index is 13.5. The summed E-state index contributed by atoms with van der Waals surface area (Å²) in [4.78, 5) is 62.9. The molecule has 200 valence electrons. The average molecular weight is 532 g/mol. The lowest BCUT2D eigenvalue weighted by Crippen LogP contribution is -2.42. The van der Waals surface area contributed by atoms with Gasteiger partial charge in [-0.2, -0.15) is 0 Å². The molecule has 0 bridgehead atoms. The van der Waals surface area contributed by atoms with Crippen LogP contribution >= 0.6 is 0 Å². The first-order valence-electron chi connectivity index (χ1n) is 12.2. The van der Waals surface area contributed by atoms with E-state index in [9.17, 15) is 29.3 Å². The molecule has 0 radical (unpaired) electrons. The van der Waals surface area contributed by atoms with Crippen molar-refractivity contribution >= 4 is 28.7 Å². The molecule has 0 saturated heterocycles. The summed E-state index contributed by atoms with van der Waals surface area (Å²) in [6.45, 7) is 3.27. The third-order valence-electron chi connectivity index (χ3n) is 6.11. The number of non-ortho nitro benzene ring substituents is 1. The number of nitro groups is 1. The number of ether oxygens (including phenoxy) is 2. The lowest BCUT2D eigenvalue weighted by molar-refractivity contribution is -0.384. The Bertz CT molecular complexity index is 1700. The summed E-state index contributed by atoms with van der Waals surface area (Å²) in [6.07, 6.45) is 0. The van der Waals surface area contributed by atoms with Crippen molar-refractivity contribution in [3.05, 3.63) is 120 Å². The Kier molecular flexibility index (Phi) is 7.99. The molecule has 0 aliphatic carbocycles. The van der Waals surface area contributed by atoms with Gasteiger partial charge in [0.15, 0.2) is 0 Å². The molecule has 11 heteroatoms. The summed E-state index contributed by atoms with van der Waals surface area (Å²) in [5, 5.41) is 11.6. The van der Waals surface area contributed by atoms with Gasteiger partial charge in [-0.05, 0) is 43.2 Å². The fourth-order valence-electron chi connectivity index (χ4n) is 4.31. The fraction of sp³-hybridized carbons (Fsp3) is 0.214. The van der Waals surface area contributed by atoms with Crippen molar-refractivity contribution in [2.45, 2.75) is 26.9 Å². The number of hydrogen-bond acceptors (Lipinski definition) is 8. The Morgan fingerprint density at radius 3 is 1.67 bits per heavy atom. The Labute approximate surface area is 222 Å². The van der Waals surface area contributed by atoms with E-state index in [0.717, 1.165) is 4.57 Å².